The van der Waals surface area contributed by atoms with Gasteiger partial charge in [0.05, 0.1) is 12.8 Å². The number of alkyl halides is 6. The van der Waals surface area contributed by atoms with Crippen molar-refractivity contribution in [1.82, 2.24) is 19.7 Å². The van der Waals surface area contributed by atoms with Crippen LogP contribution in [0.15, 0.2) is 47.3 Å². The first-order valence-electron chi connectivity index (χ1n) is 11.3. The van der Waals surface area contributed by atoms with Crippen LogP contribution in [-0.4, -0.2) is 98.9 Å². The molecule has 1 amide bonds. The second-order valence-electron chi connectivity index (χ2n) is 8.69. The number of carbonyl (C=O) groups excluding carboxylic acids is 1. The Morgan fingerprint density at radius 2 is 1.62 bits per heavy atom. The third kappa shape index (κ3) is 8.95. The van der Waals surface area contributed by atoms with Gasteiger partial charge in [0.2, 0.25) is 5.91 Å². The summed E-state index contributed by atoms with van der Waals surface area (Å²) in [5, 5.41) is 14.2. The maximum absolute atomic E-state index is 13.1. The number of nitrogens with zero attached hydrogens (tertiary/aromatic N) is 4. The zero-order chi connectivity index (χ0) is 29.4. The minimum absolute atomic E-state index is 0.240. The fourth-order valence-corrected chi connectivity index (χ4v) is 4.08. The summed E-state index contributed by atoms with van der Waals surface area (Å²) in [5.41, 5.74) is 0.721. The average molecular weight is 568 g/mol. The van der Waals surface area contributed by atoms with Crippen molar-refractivity contribution >= 4 is 17.8 Å². The van der Waals surface area contributed by atoms with Crippen LogP contribution in [0.5, 0.6) is 0 Å². The first kappa shape index (κ1) is 31.6. The summed E-state index contributed by atoms with van der Waals surface area (Å²) in [4.78, 5) is 41.7. The van der Waals surface area contributed by atoms with Gasteiger partial charge in [-0.25, -0.2) is 9.59 Å². The lowest BCUT2D eigenvalue weighted by Gasteiger charge is -2.46. The van der Waals surface area contributed by atoms with Gasteiger partial charge in [0, 0.05) is 52.2 Å². The lowest BCUT2D eigenvalue weighted by Crippen LogP contribution is -2.65. The molecule has 2 fully saturated rings. The number of halogens is 6. The van der Waals surface area contributed by atoms with Gasteiger partial charge in [-0.2, -0.15) is 26.3 Å². The Morgan fingerprint density at radius 1 is 1.00 bits per heavy atom. The zero-order valence-electron chi connectivity index (χ0n) is 20.6. The van der Waals surface area contributed by atoms with Crippen molar-refractivity contribution in [3.05, 3.63) is 54.2 Å². The Morgan fingerprint density at radius 3 is 2.10 bits per heavy atom. The fraction of sp³-hybridized carbons (Fsp3) is 0.478. The second kappa shape index (κ2) is 12.9. The third-order valence-electron chi connectivity index (χ3n) is 5.92. The third-order valence-corrected chi connectivity index (χ3v) is 5.92. The standard InChI is InChI=1S/C19H24N4O2.2C2HF3O2/c1-21-9-10-23(13-16-4-2-7-20-12-16)19(18(21)24)6-8-22(15-19)14-17-5-3-11-25-17;2*3-2(4,5)1(6)7/h2-5,7,11-12H,6,8-10,13-15H2,1H3;2*(H,6,7). The largest absolute Gasteiger partial charge is 0.490 e. The first-order valence-corrected chi connectivity index (χ1v) is 11.3. The van der Waals surface area contributed by atoms with E-state index in [4.69, 9.17) is 24.2 Å². The molecule has 10 nitrogen and oxygen atoms in total. The molecule has 1 atom stereocenters. The minimum atomic E-state index is -5.08. The van der Waals surface area contributed by atoms with Gasteiger partial charge in [-0.05, 0) is 30.2 Å². The lowest BCUT2D eigenvalue weighted by atomic mass is 9.91. The molecule has 2 N–H and O–H groups in total. The number of carboxylic acid groups (broad SMARTS) is 2. The van der Waals surface area contributed by atoms with Crippen LogP contribution in [-0.2, 0) is 27.5 Å². The molecule has 2 aromatic rings. The highest BCUT2D eigenvalue weighted by Crippen LogP contribution is 2.34. The molecule has 2 aliphatic heterocycles. The van der Waals surface area contributed by atoms with Crippen molar-refractivity contribution < 1.29 is 55.4 Å². The van der Waals surface area contributed by atoms with E-state index in [1.54, 1.807) is 12.5 Å². The number of rotatable bonds is 4. The van der Waals surface area contributed by atoms with Crippen molar-refractivity contribution in [2.75, 3.05) is 33.2 Å². The molecule has 2 saturated heterocycles. The number of furan rings is 1. The predicted octanol–water partition coefficient (Wildman–Crippen LogP) is 2.86. The number of likely N-dealkylation sites (tertiary alicyclic amines) is 1. The molecule has 1 spiro atoms. The topological polar surface area (TPSA) is 127 Å². The summed E-state index contributed by atoms with van der Waals surface area (Å²) in [6, 6.07) is 7.94. The number of carboxylic acids is 2. The van der Waals surface area contributed by atoms with E-state index in [0.717, 1.165) is 57.0 Å². The van der Waals surface area contributed by atoms with E-state index in [-0.39, 0.29) is 5.91 Å². The number of aromatic nitrogens is 1. The molecule has 0 radical (unpaired) electrons. The zero-order valence-corrected chi connectivity index (χ0v) is 20.6. The van der Waals surface area contributed by atoms with Crippen LogP contribution in [0.25, 0.3) is 0 Å². The van der Waals surface area contributed by atoms with Crippen LogP contribution in [0, 0.1) is 0 Å². The van der Waals surface area contributed by atoms with E-state index in [2.05, 4.69) is 20.9 Å². The van der Waals surface area contributed by atoms with Crippen molar-refractivity contribution in [1.29, 1.82) is 0 Å². The Kier molecular flexibility index (Phi) is 10.5. The van der Waals surface area contributed by atoms with Gasteiger partial charge in [-0.1, -0.05) is 6.07 Å². The predicted molar refractivity (Wildman–Crippen MR) is 121 cm³/mol. The van der Waals surface area contributed by atoms with E-state index in [1.807, 2.05) is 36.3 Å². The maximum atomic E-state index is 13.1. The number of amides is 1. The summed E-state index contributed by atoms with van der Waals surface area (Å²) in [5.74, 6) is -4.32. The Hall–Kier alpha value is -3.66. The van der Waals surface area contributed by atoms with Crippen LogP contribution in [0.2, 0.25) is 0 Å². The highest BCUT2D eigenvalue weighted by molar-refractivity contribution is 5.87. The molecular weight excluding hydrogens is 542 g/mol. The van der Waals surface area contributed by atoms with Crippen molar-refractivity contribution in [3.8, 4) is 0 Å². The Labute approximate surface area is 218 Å². The fourth-order valence-electron chi connectivity index (χ4n) is 4.08. The quantitative estimate of drug-likeness (QED) is 0.536. The van der Waals surface area contributed by atoms with Gasteiger partial charge in [0.15, 0.2) is 0 Å². The van der Waals surface area contributed by atoms with E-state index in [1.165, 1.54) is 0 Å². The Bertz CT molecular complexity index is 1070. The first-order chi connectivity index (χ1) is 18.1. The van der Waals surface area contributed by atoms with Crippen molar-refractivity contribution in [2.45, 2.75) is 37.4 Å². The molecule has 4 heterocycles. The molecule has 0 saturated carbocycles. The minimum Gasteiger partial charge on any atom is -0.475 e. The molecular formula is C23H26F6N4O6. The van der Waals surface area contributed by atoms with Crippen LogP contribution in [0.1, 0.15) is 17.7 Å². The van der Waals surface area contributed by atoms with Crippen molar-refractivity contribution in [2.24, 2.45) is 0 Å². The Balaban J connectivity index is 0.000000317. The second-order valence-corrected chi connectivity index (χ2v) is 8.69. The van der Waals surface area contributed by atoms with Gasteiger partial charge < -0.3 is 19.5 Å². The van der Waals surface area contributed by atoms with Crippen LogP contribution < -0.4 is 0 Å². The van der Waals surface area contributed by atoms with E-state index in [9.17, 15) is 31.1 Å². The summed E-state index contributed by atoms with van der Waals surface area (Å²) < 4.78 is 69.0. The lowest BCUT2D eigenvalue weighted by molar-refractivity contribution is -0.193. The van der Waals surface area contributed by atoms with Gasteiger partial charge in [-0.15, -0.1) is 0 Å². The molecule has 4 rings (SSSR count). The van der Waals surface area contributed by atoms with Crippen LogP contribution in [0.4, 0.5) is 26.3 Å². The van der Waals surface area contributed by atoms with E-state index in [0.29, 0.717) is 0 Å². The van der Waals surface area contributed by atoms with Gasteiger partial charge in [0.25, 0.3) is 0 Å². The molecule has 16 heteroatoms. The maximum Gasteiger partial charge on any atom is 0.490 e. The summed E-state index contributed by atoms with van der Waals surface area (Å²) in [7, 11) is 1.92. The van der Waals surface area contributed by atoms with E-state index < -0.39 is 29.8 Å². The van der Waals surface area contributed by atoms with E-state index >= 15 is 0 Å². The van der Waals surface area contributed by atoms with Gasteiger partial charge >= 0.3 is 24.3 Å². The number of pyridine rings is 1. The molecule has 2 aromatic heterocycles. The van der Waals surface area contributed by atoms with Gasteiger partial charge in [-0.3, -0.25) is 19.6 Å². The molecule has 39 heavy (non-hydrogen) atoms. The highest BCUT2D eigenvalue weighted by atomic mass is 19.4. The molecule has 0 aromatic carbocycles. The summed E-state index contributed by atoms with van der Waals surface area (Å²) >= 11 is 0. The normalized spacial score (nSPS) is 20.2. The number of aliphatic carboxylic acids is 2. The number of piperazine rings is 1. The molecule has 1 unspecified atom stereocenters. The summed E-state index contributed by atoms with van der Waals surface area (Å²) in [6.07, 6.45) is -3.92. The number of likely N-dealkylation sites (N-methyl/N-ethyl adjacent to an activating group) is 1. The molecule has 0 aliphatic carbocycles. The molecule has 0 bridgehead atoms. The molecule has 2 aliphatic rings. The number of hydrogen-bond donors (Lipinski definition) is 2. The van der Waals surface area contributed by atoms with Crippen molar-refractivity contribution in [3.63, 3.8) is 0 Å². The van der Waals surface area contributed by atoms with Crippen LogP contribution in [0.3, 0.4) is 0 Å². The SMILES string of the molecule is CN1CCN(Cc2cccnc2)C2(CCN(Cc3ccco3)C2)C1=O.O=C(O)C(F)(F)F.O=C(O)C(F)(F)F. The summed E-state index contributed by atoms with van der Waals surface area (Å²) in [6.45, 7) is 4.85. The number of hydrogen-bond acceptors (Lipinski definition) is 7. The highest BCUT2D eigenvalue weighted by Gasteiger charge is 2.52. The number of carbonyl (C=O) groups is 3. The molecule has 216 valence electrons. The monoisotopic (exact) mass is 568 g/mol. The van der Waals surface area contributed by atoms with Gasteiger partial charge in [0.1, 0.15) is 11.3 Å². The van der Waals surface area contributed by atoms with Crippen LogP contribution >= 0.6 is 0 Å². The average Bonchev–Trinajstić information content (AvgIpc) is 3.51. The smallest absolute Gasteiger partial charge is 0.475 e.